The number of pyridine rings is 1. The molecule has 146 valence electrons. The third-order valence-corrected chi connectivity index (χ3v) is 5.04. The Morgan fingerprint density at radius 1 is 1.21 bits per heavy atom. The van der Waals surface area contributed by atoms with E-state index in [1.807, 2.05) is 19.9 Å². The highest BCUT2D eigenvalue weighted by Crippen LogP contribution is 2.23. The summed E-state index contributed by atoms with van der Waals surface area (Å²) in [6.07, 6.45) is 5.00. The molecular weight excluding hydrogens is 380 g/mol. The van der Waals surface area contributed by atoms with Gasteiger partial charge in [0.2, 0.25) is 11.7 Å². The maximum absolute atomic E-state index is 12.6. The van der Waals surface area contributed by atoms with Gasteiger partial charge in [0.1, 0.15) is 6.10 Å². The minimum absolute atomic E-state index is 0.0768. The van der Waals surface area contributed by atoms with E-state index in [1.165, 1.54) is 0 Å². The summed E-state index contributed by atoms with van der Waals surface area (Å²) in [7, 11) is 0. The molecule has 0 radical (unpaired) electrons. The van der Waals surface area contributed by atoms with Crippen molar-refractivity contribution < 1.29 is 9.53 Å². The van der Waals surface area contributed by atoms with Gasteiger partial charge in [-0.05, 0) is 51.7 Å². The summed E-state index contributed by atoms with van der Waals surface area (Å²) in [4.78, 5) is 25.3. The van der Waals surface area contributed by atoms with Crippen LogP contribution in [0.4, 0.5) is 0 Å². The smallest absolute Gasteiger partial charge is 0.291 e. The van der Waals surface area contributed by atoms with Crippen molar-refractivity contribution in [1.29, 1.82) is 0 Å². The summed E-state index contributed by atoms with van der Waals surface area (Å²) in [5.41, 5.74) is 1.74. The van der Waals surface area contributed by atoms with Crippen molar-refractivity contribution in [3.8, 4) is 5.88 Å². The zero-order valence-electron chi connectivity index (χ0n) is 15.7. The second-order valence-electron chi connectivity index (χ2n) is 7.07. The van der Waals surface area contributed by atoms with Crippen molar-refractivity contribution in [2.75, 3.05) is 0 Å². The Labute approximate surface area is 167 Å². The van der Waals surface area contributed by atoms with Gasteiger partial charge in [0.15, 0.2) is 0 Å². The maximum Gasteiger partial charge on any atom is 0.291 e. The molecule has 0 saturated heterocycles. The van der Waals surface area contributed by atoms with Crippen molar-refractivity contribution in [1.82, 2.24) is 29.9 Å². The van der Waals surface area contributed by atoms with E-state index in [0.29, 0.717) is 16.7 Å². The van der Waals surface area contributed by atoms with E-state index in [1.54, 1.807) is 22.8 Å². The quantitative estimate of drug-likeness (QED) is 0.723. The molecule has 4 rings (SSSR count). The summed E-state index contributed by atoms with van der Waals surface area (Å²) in [6, 6.07) is 5.51. The fourth-order valence-corrected chi connectivity index (χ4v) is 3.55. The first-order valence-corrected chi connectivity index (χ1v) is 9.66. The molecule has 0 spiro atoms. The lowest BCUT2D eigenvalue weighted by Crippen LogP contribution is -2.40. The number of hydrogen-bond acceptors (Lipinski definition) is 6. The second kappa shape index (κ2) is 7.71. The number of amides is 1. The molecule has 1 saturated carbocycles. The average molecular weight is 401 g/mol. The Morgan fingerprint density at radius 3 is 2.71 bits per heavy atom. The van der Waals surface area contributed by atoms with Crippen LogP contribution in [-0.2, 0) is 0 Å². The van der Waals surface area contributed by atoms with Gasteiger partial charge in [-0.3, -0.25) is 4.79 Å². The highest BCUT2D eigenvalue weighted by Gasteiger charge is 2.25. The van der Waals surface area contributed by atoms with Crippen LogP contribution in [0, 0.1) is 13.8 Å². The van der Waals surface area contributed by atoms with Gasteiger partial charge < -0.3 is 10.1 Å². The molecule has 1 N–H and O–H groups in total. The third-order valence-electron chi connectivity index (χ3n) is 4.82. The van der Waals surface area contributed by atoms with Crippen LogP contribution in [0.15, 0.2) is 24.4 Å². The van der Waals surface area contributed by atoms with Gasteiger partial charge in [0, 0.05) is 29.7 Å². The monoisotopic (exact) mass is 400 g/mol. The van der Waals surface area contributed by atoms with E-state index in [2.05, 4.69) is 25.4 Å². The normalized spacial score (nSPS) is 19.5. The predicted octanol–water partition coefficient (Wildman–Crippen LogP) is 2.91. The van der Waals surface area contributed by atoms with E-state index in [4.69, 9.17) is 16.3 Å². The summed E-state index contributed by atoms with van der Waals surface area (Å²) >= 11 is 5.84. The molecule has 0 aromatic carbocycles. The third kappa shape index (κ3) is 4.06. The molecular formula is C19H21ClN6O2. The Balaban J connectivity index is 1.33. The molecule has 1 aliphatic carbocycles. The van der Waals surface area contributed by atoms with Crippen LogP contribution < -0.4 is 10.1 Å². The van der Waals surface area contributed by atoms with Gasteiger partial charge in [0.05, 0.1) is 5.02 Å². The van der Waals surface area contributed by atoms with E-state index in [-0.39, 0.29) is 23.9 Å². The molecule has 1 amide bonds. The topological polar surface area (TPSA) is 94.3 Å². The molecule has 3 aromatic heterocycles. The molecule has 0 unspecified atom stereocenters. The molecule has 8 nitrogen and oxygen atoms in total. The molecule has 1 fully saturated rings. The molecule has 28 heavy (non-hydrogen) atoms. The first-order valence-electron chi connectivity index (χ1n) is 9.28. The predicted molar refractivity (Wildman–Crippen MR) is 104 cm³/mol. The Hall–Kier alpha value is -2.74. The van der Waals surface area contributed by atoms with Gasteiger partial charge in [-0.25, -0.2) is 14.5 Å². The maximum atomic E-state index is 12.6. The Kier molecular flexibility index (Phi) is 5.13. The minimum Gasteiger partial charge on any atom is -0.474 e. The second-order valence-corrected chi connectivity index (χ2v) is 7.50. The zero-order valence-corrected chi connectivity index (χ0v) is 16.5. The lowest BCUT2D eigenvalue weighted by Gasteiger charge is -2.28. The van der Waals surface area contributed by atoms with Gasteiger partial charge in [-0.15, -0.1) is 5.10 Å². The van der Waals surface area contributed by atoms with Gasteiger partial charge >= 0.3 is 0 Å². The molecule has 1 aliphatic rings. The number of nitrogens with one attached hydrogen (secondary N) is 1. The lowest BCUT2D eigenvalue weighted by atomic mass is 9.93. The highest BCUT2D eigenvalue weighted by molar-refractivity contribution is 6.30. The van der Waals surface area contributed by atoms with Crippen molar-refractivity contribution in [2.45, 2.75) is 51.7 Å². The standard InChI is InChI=1S/C19H21ClN6O2/c1-11-9-12(2)26-19(22-11)24-17(25-26)18(27)23-14-4-6-15(7-5-14)28-16-8-3-13(20)10-21-16/h3,8-10,14-15H,4-7H2,1-2H3,(H,23,27). The van der Waals surface area contributed by atoms with Gasteiger partial charge in [-0.1, -0.05) is 11.6 Å². The van der Waals surface area contributed by atoms with Crippen molar-refractivity contribution in [3.63, 3.8) is 0 Å². The number of aryl methyl sites for hydroxylation is 2. The number of aromatic nitrogens is 5. The summed E-state index contributed by atoms with van der Waals surface area (Å²) in [5, 5.41) is 7.90. The molecule has 3 aromatic rings. The number of carbonyl (C=O) groups is 1. The fourth-order valence-electron chi connectivity index (χ4n) is 3.44. The van der Waals surface area contributed by atoms with Crippen LogP contribution in [0.5, 0.6) is 5.88 Å². The van der Waals surface area contributed by atoms with E-state index >= 15 is 0 Å². The van der Waals surface area contributed by atoms with Crippen LogP contribution in [0.1, 0.15) is 47.7 Å². The first-order chi connectivity index (χ1) is 13.5. The van der Waals surface area contributed by atoms with Gasteiger partial charge in [0.25, 0.3) is 11.7 Å². The Bertz CT molecular complexity index is 996. The largest absolute Gasteiger partial charge is 0.474 e. The van der Waals surface area contributed by atoms with Gasteiger partial charge in [-0.2, -0.15) is 4.98 Å². The minimum atomic E-state index is -0.272. The SMILES string of the molecule is Cc1cc(C)n2nc(C(=O)NC3CCC(Oc4ccc(Cl)cn4)CC3)nc2n1. The first kappa shape index (κ1) is 18.6. The van der Waals surface area contributed by atoms with E-state index in [0.717, 1.165) is 37.1 Å². The number of hydrogen-bond donors (Lipinski definition) is 1. The molecule has 0 aliphatic heterocycles. The number of fused-ring (bicyclic) bond motifs is 1. The van der Waals surface area contributed by atoms with E-state index in [9.17, 15) is 4.79 Å². The molecule has 0 bridgehead atoms. The van der Waals surface area contributed by atoms with Crippen LogP contribution in [0.2, 0.25) is 5.02 Å². The number of carbonyl (C=O) groups excluding carboxylic acids is 1. The van der Waals surface area contributed by atoms with Crippen LogP contribution in [0.3, 0.4) is 0 Å². The molecule has 0 atom stereocenters. The fraction of sp³-hybridized carbons (Fsp3) is 0.421. The van der Waals surface area contributed by atoms with Crippen LogP contribution >= 0.6 is 11.6 Å². The number of ether oxygens (including phenoxy) is 1. The van der Waals surface area contributed by atoms with Crippen molar-refractivity contribution >= 4 is 23.3 Å². The summed E-state index contributed by atoms with van der Waals surface area (Å²) in [5.74, 6) is 0.885. The number of nitrogens with zero attached hydrogens (tertiary/aromatic N) is 5. The average Bonchev–Trinajstić information content (AvgIpc) is 3.10. The number of rotatable bonds is 4. The number of halogens is 1. The summed E-state index contributed by atoms with van der Waals surface area (Å²) < 4.78 is 7.48. The van der Waals surface area contributed by atoms with E-state index < -0.39 is 0 Å². The van der Waals surface area contributed by atoms with Crippen molar-refractivity contribution in [2.24, 2.45) is 0 Å². The highest BCUT2D eigenvalue weighted by atomic mass is 35.5. The van der Waals surface area contributed by atoms with Crippen LogP contribution in [0.25, 0.3) is 5.78 Å². The lowest BCUT2D eigenvalue weighted by molar-refractivity contribution is 0.0880. The zero-order chi connectivity index (χ0) is 19.7. The molecule has 9 heteroatoms. The van der Waals surface area contributed by atoms with Crippen LogP contribution in [-0.4, -0.2) is 42.6 Å². The Morgan fingerprint density at radius 2 is 2.00 bits per heavy atom. The summed E-state index contributed by atoms with van der Waals surface area (Å²) in [6.45, 7) is 3.80. The van der Waals surface area contributed by atoms with Crippen molar-refractivity contribution in [3.05, 3.63) is 46.6 Å². The molecule has 3 heterocycles.